The van der Waals surface area contributed by atoms with Crippen LogP contribution in [-0.4, -0.2) is 112 Å². The first-order chi connectivity index (χ1) is 17.9. The Morgan fingerprint density at radius 2 is 1.86 bits per heavy atom. The molecule has 1 saturated heterocycles. The minimum Gasteiger partial charge on any atom is -0.493 e. The number of nitrogens with zero attached hydrogens (tertiary/aromatic N) is 2. The Balaban J connectivity index is 1.68. The van der Waals surface area contributed by atoms with Crippen molar-refractivity contribution in [3.63, 3.8) is 0 Å². The zero-order valence-corrected chi connectivity index (χ0v) is 21.5. The summed E-state index contributed by atoms with van der Waals surface area (Å²) in [5.41, 5.74) is 1.07. The number of amides is 2. The molecule has 4 atom stereocenters. The minimum absolute atomic E-state index is 0.113. The van der Waals surface area contributed by atoms with E-state index in [0.717, 1.165) is 37.1 Å². The molecule has 0 bridgehead atoms. The largest absolute Gasteiger partial charge is 0.493 e. The van der Waals surface area contributed by atoms with Crippen molar-refractivity contribution in [1.82, 2.24) is 9.80 Å². The van der Waals surface area contributed by atoms with Crippen LogP contribution in [0, 0.1) is 0 Å². The van der Waals surface area contributed by atoms with Gasteiger partial charge in [-0.05, 0) is 50.2 Å². The van der Waals surface area contributed by atoms with E-state index in [9.17, 15) is 30.0 Å². The summed E-state index contributed by atoms with van der Waals surface area (Å²) in [5, 5.41) is 41.2. The normalized spacial score (nSPS) is 25.4. The fourth-order valence-electron chi connectivity index (χ4n) is 4.86. The van der Waals surface area contributed by atoms with E-state index >= 15 is 0 Å². The number of para-hydroxylation sites is 1. The fourth-order valence-corrected chi connectivity index (χ4v) is 4.86. The molecule has 1 aromatic rings. The molecule has 1 fully saturated rings. The Morgan fingerprint density at radius 3 is 2.62 bits per heavy atom. The Kier molecular flexibility index (Phi) is 12.1. The molecule has 2 heterocycles. The van der Waals surface area contributed by atoms with Crippen molar-refractivity contribution in [3.05, 3.63) is 29.8 Å². The van der Waals surface area contributed by atoms with E-state index in [-0.39, 0.29) is 31.4 Å². The summed E-state index contributed by atoms with van der Waals surface area (Å²) in [5.74, 6) is 0.717. The molecule has 3 rings (SSSR count). The van der Waals surface area contributed by atoms with Gasteiger partial charge in [-0.15, -0.1) is 0 Å². The van der Waals surface area contributed by atoms with Crippen molar-refractivity contribution in [2.24, 2.45) is 0 Å². The first-order valence-electron chi connectivity index (χ1n) is 13.4. The van der Waals surface area contributed by atoms with Crippen LogP contribution in [0.25, 0.3) is 0 Å². The van der Waals surface area contributed by atoms with E-state index in [1.165, 1.54) is 4.90 Å². The number of aliphatic hydroxyl groups is 4. The number of benzene rings is 1. The van der Waals surface area contributed by atoms with Crippen LogP contribution in [0.4, 0.5) is 0 Å². The van der Waals surface area contributed by atoms with Crippen LogP contribution >= 0.6 is 0 Å². The number of hydrogen-bond acceptors (Lipinski definition) is 8. The Hall–Kier alpha value is -2.24. The van der Waals surface area contributed by atoms with Crippen LogP contribution in [0.2, 0.25) is 0 Å². The van der Waals surface area contributed by atoms with Crippen molar-refractivity contribution in [2.45, 2.75) is 75.8 Å². The van der Waals surface area contributed by atoms with Gasteiger partial charge in [-0.3, -0.25) is 9.59 Å². The first-order valence-corrected chi connectivity index (χ1v) is 13.4. The second-order valence-electron chi connectivity index (χ2n) is 9.84. The van der Waals surface area contributed by atoms with Crippen LogP contribution < -0.4 is 4.74 Å². The van der Waals surface area contributed by atoms with Gasteiger partial charge in [-0.2, -0.15) is 0 Å². The van der Waals surface area contributed by atoms with Crippen LogP contribution in [0.3, 0.4) is 0 Å². The maximum Gasteiger partial charge on any atom is 0.222 e. The number of carbonyl (C=O) groups excluding carboxylic acids is 2. The lowest BCUT2D eigenvalue weighted by Gasteiger charge is -2.33. The van der Waals surface area contributed by atoms with Gasteiger partial charge in [0, 0.05) is 45.6 Å². The molecule has 0 unspecified atom stereocenters. The molecule has 0 aromatic heterocycles. The molecular formula is C27H42N2O8. The summed E-state index contributed by atoms with van der Waals surface area (Å²) in [7, 11) is 0. The fraction of sp³-hybridized carbons (Fsp3) is 0.704. The third kappa shape index (κ3) is 8.93. The number of ether oxygens (including phenoxy) is 2. The topological polar surface area (TPSA) is 140 Å². The van der Waals surface area contributed by atoms with Gasteiger partial charge >= 0.3 is 0 Å². The summed E-state index contributed by atoms with van der Waals surface area (Å²) >= 11 is 0. The number of likely N-dealkylation sites (tertiary alicyclic amines) is 1. The van der Waals surface area contributed by atoms with E-state index < -0.39 is 31.0 Å². The lowest BCUT2D eigenvalue weighted by molar-refractivity contribution is -0.151. The third-order valence-electron chi connectivity index (χ3n) is 7.00. The van der Waals surface area contributed by atoms with Gasteiger partial charge in [0.15, 0.2) is 0 Å². The quantitative estimate of drug-likeness (QED) is 0.423. The number of β-amino-alcohol motifs (C(OH)–C–C–N with tert-alkyl or cyclic N) is 1. The van der Waals surface area contributed by atoms with E-state index in [1.807, 2.05) is 24.3 Å². The van der Waals surface area contributed by atoms with Crippen molar-refractivity contribution < 1.29 is 39.5 Å². The predicted molar refractivity (Wildman–Crippen MR) is 136 cm³/mol. The zero-order valence-electron chi connectivity index (χ0n) is 21.5. The summed E-state index contributed by atoms with van der Waals surface area (Å²) < 4.78 is 11.7. The molecule has 10 nitrogen and oxygen atoms in total. The Labute approximate surface area is 218 Å². The monoisotopic (exact) mass is 522 g/mol. The number of hydrogen-bond donors (Lipinski definition) is 4. The molecule has 0 aliphatic carbocycles. The maximum atomic E-state index is 13.1. The second-order valence-corrected chi connectivity index (χ2v) is 9.84. The molecule has 2 aliphatic heterocycles. The Bertz CT molecular complexity index is 853. The van der Waals surface area contributed by atoms with E-state index in [0.29, 0.717) is 45.4 Å². The highest BCUT2D eigenvalue weighted by Gasteiger charge is 2.34. The number of rotatable bonds is 6. The highest BCUT2D eigenvalue weighted by molar-refractivity contribution is 5.78. The van der Waals surface area contributed by atoms with Crippen molar-refractivity contribution in [2.75, 3.05) is 46.0 Å². The molecule has 2 aliphatic rings. The molecule has 10 heteroatoms. The number of fused-ring (bicyclic) bond motifs is 1. The van der Waals surface area contributed by atoms with E-state index in [2.05, 4.69) is 0 Å². The molecule has 0 saturated carbocycles. The van der Waals surface area contributed by atoms with Crippen LogP contribution in [-0.2, 0) is 20.7 Å². The molecule has 1 aromatic carbocycles. The van der Waals surface area contributed by atoms with Gasteiger partial charge < -0.3 is 39.7 Å². The van der Waals surface area contributed by atoms with E-state index in [4.69, 9.17) is 9.47 Å². The average molecular weight is 523 g/mol. The Morgan fingerprint density at radius 1 is 1.05 bits per heavy atom. The van der Waals surface area contributed by atoms with Crippen LogP contribution in [0.5, 0.6) is 5.75 Å². The summed E-state index contributed by atoms with van der Waals surface area (Å²) in [6, 6.07) is 7.81. The molecular weight excluding hydrogens is 480 g/mol. The number of aliphatic hydroxyl groups excluding tert-OH is 4. The van der Waals surface area contributed by atoms with E-state index in [1.54, 1.807) is 4.90 Å². The summed E-state index contributed by atoms with van der Waals surface area (Å²) in [4.78, 5) is 28.2. The zero-order chi connectivity index (χ0) is 26.6. The molecule has 208 valence electrons. The third-order valence-corrected chi connectivity index (χ3v) is 7.00. The molecule has 0 spiro atoms. The van der Waals surface area contributed by atoms with Crippen LogP contribution in [0.15, 0.2) is 24.3 Å². The van der Waals surface area contributed by atoms with Gasteiger partial charge in [-0.25, -0.2) is 0 Å². The highest BCUT2D eigenvalue weighted by Crippen LogP contribution is 2.21. The molecule has 2 amide bonds. The van der Waals surface area contributed by atoms with Crippen molar-refractivity contribution in [1.29, 1.82) is 0 Å². The van der Waals surface area contributed by atoms with Gasteiger partial charge in [0.2, 0.25) is 11.8 Å². The smallest absolute Gasteiger partial charge is 0.222 e. The number of carbonyl (C=O) groups is 2. The standard InChI is InChI=1S/C27H42N2O8/c30-19-22(32)27-26(35)21(31)18-29(25(34)12-6-14-28-13-5-11-24(28)33)15-7-17-36-23-10-2-1-8-20(23)9-3-4-16-37-27/h1-2,8,10,21-22,26-27,30-32,35H,3-7,9,11-19H2/t21-,22-,26-,27-/m1/s1. The van der Waals surface area contributed by atoms with Crippen molar-refractivity contribution >= 4 is 11.8 Å². The highest BCUT2D eigenvalue weighted by atomic mass is 16.5. The lowest BCUT2D eigenvalue weighted by atomic mass is 10.0. The lowest BCUT2D eigenvalue weighted by Crippen LogP contribution is -2.52. The SMILES string of the molecule is O=C1CCCN1CCCC(=O)N1CCCOc2ccccc2CCCCO[C@H]([C@H](O)CO)[C@H](O)[C@H](O)C1. The number of aryl methyl sites for hydroxylation is 1. The van der Waals surface area contributed by atoms with Gasteiger partial charge in [0.1, 0.15) is 30.2 Å². The second kappa shape index (κ2) is 15.2. The molecule has 0 radical (unpaired) electrons. The first kappa shape index (κ1) is 29.3. The van der Waals surface area contributed by atoms with Crippen LogP contribution in [0.1, 0.15) is 50.5 Å². The predicted octanol–water partition coefficient (Wildman–Crippen LogP) is 0.483. The molecule has 37 heavy (non-hydrogen) atoms. The minimum atomic E-state index is -1.50. The summed E-state index contributed by atoms with van der Waals surface area (Å²) in [6.07, 6.45) is -0.605. The maximum absolute atomic E-state index is 13.1. The molecule has 4 N–H and O–H groups in total. The van der Waals surface area contributed by atoms with Gasteiger partial charge in [0.25, 0.3) is 0 Å². The summed E-state index contributed by atoms with van der Waals surface area (Å²) in [6.45, 7) is 1.37. The van der Waals surface area contributed by atoms with Gasteiger partial charge in [-0.1, -0.05) is 18.2 Å². The average Bonchev–Trinajstić information content (AvgIpc) is 3.31. The van der Waals surface area contributed by atoms with Gasteiger partial charge in [0.05, 0.1) is 13.2 Å². The van der Waals surface area contributed by atoms with Crippen molar-refractivity contribution in [3.8, 4) is 5.75 Å².